The van der Waals surface area contributed by atoms with Crippen LogP contribution in [0, 0.1) is 6.92 Å². The number of carbonyl (C=O) groups excluding carboxylic acids is 1. The smallest absolute Gasteiger partial charge is 0.475 e. The van der Waals surface area contributed by atoms with Gasteiger partial charge in [-0.15, -0.1) is 6.58 Å². The lowest BCUT2D eigenvalue weighted by molar-refractivity contribution is -0.192. The second-order valence-electron chi connectivity index (χ2n) is 6.69. The monoisotopic (exact) mass is 416 g/mol. The highest BCUT2D eigenvalue weighted by Crippen LogP contribution is 2.33. The molecule has 29 heavy (non-hydrogen) atoms. The van der Waals surface area contributed by atoms with Crippen molar-refractivity contribution in [3.05, 3.63) is 42.2 Å². The molecule has 1 N–H and O–H groups in total. The molecule has 0 unspecified atom stereocenters. The largest absolute Gasteiger partial charge is 0.490 e. The van der Waals surface area contributed by atoms with Crippen molar-refractivity contribution in [2.45, 2.75) is 44.2 Å². The average molecular weight is 416 g/mol. The molecule has 2 heterocycles. The molecule has 1 saturated carbocycles. The topological polar surface area (TPSA) is 89.0 Å². The lowest BCUT2D eigenvalue weighted by atomic mass is 10.1. The maximum absolute atomic E-state index is 12.8. The number of aliphatic carboxylic acids is 1. The van der Waals surface area contributed by atoms with Gasteiger partial charge in [0, 0.05) is 18.9 Å². The molecular formula is C19H23F3N2O5. The first-order valence-corrected chi connectivity index (χ1v) is 9.02. The van der Waals surface area contributed by atoms with Crippen LogP contribution in [-0.2, 0) is 14.3 Å². The minimum atomic E-state index is -5.08. The Kier molecular flexibility index (Phi) is 7.74. The standard InChI is InChI=1S/C17H22N2O3.C2HF3O2/c1-3-7-21-15-5-4-14-16(15)22-8-6-19(14)17(20)13-9-12(2)10-18-11-13;3-2(4,5)1(6)7/h3,9-11,14-16H,1,4-8H2,2H3;(H,6,7)/t14-,15-,16-;/m0./s1. The Morgan fingerprint density at radius 1 is 1.41 bits per heavy atom. The van der Waals surface area contributed by atoms with Crippen molar-refractivity contribution < 1.29 is 37.3 Å². The number of amides is 1. The number of ether oxygens (including phenoxy) is 2. The van der Waals surface area contributed by atoms with Crippen LogP contribution < -0.4 is 0 Å². The highest BCUT2D eigenvalue weighted by Gasteiger charge is 2.45. The molecule has 10 heteroatoms. The Balaban J connectivity index is 0.000000370. The molecule has 2 aliphatic rings. The van der Waals surface area contributed by atoms with E-state index in [-0.39, 0.29) is 24.2 Å². The second kappa shape index (κ2) is 9.84. The molecule has 1 aliphatic heterocycles. The molecule has 1 aliphatic carbocycles. The summed E-state index contributed by atoms with van der Waals surface area (Å²) in [6.45, 7) is 7.33. The van der Waals surface area contributed by atoms with Crippen molar-refractivity contribution in [2.75, 3.05) is 19.8 Å². The fourth-order valence-electron chi connectivity index (χ4n) is 3.38. The van der Waals surface area contributed by atoms with Crippen LogP contribution in [0.25, 0.3) is 0 Å². The van der Waals surface area contributed by atoms with E-state index in [4.69, 9.17) is 19.4 Å². The minimum Gasteiger partial charge on any atom is -0.475 e. The Bertz CT molecular complexity index is 741. The summed E-state index contributed by atoms with van der Waals surface area (Å²) in [5.41, 5.74) is 1.64. The van der Waals surface area contributed by atoms with Crippen LogP contribution in [0.15, 0.2) is 31.1 Å². The number of fused-ring (bicyclic) bond motifs is 1. The lowest BCUT2D eigenvalue weighted by Gasteiger charge is -2.39. The number of carboxylic acid groups (broad SMARTS) is 1. The molecule has 3 atom stereocenters. The van der Waals surface area contributed by atoms with Crippen LogP contribution in [0.5, 0.6) is 0 Å². The van der Waals surface area contributed by atoms with Gasteiger partial charge in [0.05, 0.1) is 30.9 Å². The average Bonchev–Trinajstić information content (AvgIpc) is 3.08. The Labute approximate surface area is 166 Å². The van der Waals surface area contributed by atoms with Gasteiger partial charge >= 0.3 is 12.1 Å². The van der Waals surface area contributed by atoms with Crippen molar-refractivity contribution in [1.29, 1.82) is 0 Å². The zero-order valence-corrected chi connectivity index (χ0v) is 15.9. The molecule has 3 rings (SSSR count). The van der Waals surface area contributed by atoms with Crippen LogP contribution in [0.2, 0.25) is 0 Å². The van der Waals surface area contributed by atoms with Gasteiger partial charge in [-0.25, -0.2) is 4.79 Å². The number of hydrogen-bond donors (Lipinski definition) is 1. The third-order valence-corrected chi connectivity index (χ3v) is 4.59. The SMILES string of the molecule is C=CCO[C@H]1CC[C@H]2[C@@H]1OCCN2C(=O)c1cncc(C)c1.O=C(O)C(F)(F)F. The number of aromatic nitrogens is 1. The number of alkyl halides is 3. The third-order valence-electron chi connectivity index (χ3n) is 4.59. The van der Waals surface area contributed by atoms with Crippen LogP contribution in [0.1, 0.15) is 28.8 Å². The number of morpholine rings is 1. The number of halogens is 3. The predicted octanol–water partition coefficient (Wildman–Crippen LogP) is 2.60. The van der Waals surface area contributed by atoms with Crippen molar-refractivity contribution in [3.8, 4) is 0 Å². The number of nitrogens with zero attached hydrogens (tertiary/aromatic N) is 2. The maximum Gasteiger partial charge on any atom is 0.490 e. The highest BCUT2D eigenvalue weighted by atomic mass is 19.4. The van der Waals surface area contributed by atoms with Gasteiger partial charge in [-0.05, 0) is 31.4 Å². The summed E-state index contributed by atoms with van der Waals surface area (Å²) >= 11 is 0. The van der Waals surface area contributed by atoms with Gasteiger partial charge in [-0.2, -0.15) is 13.2 Å². The van der Waals surface area contributed by atoms with E-state index < -0.39 is 12.1 Å². The summed E-state index contributed by atoms with van der Waals surface area (Å²) in [4.78, 5) is 27.7. The first kappa shape index (κ1) is 22.8. The number of pyridine rings is 1. The van der Waals surface area contributed by atoms with Crippen LogP contribution in [0.4, 0.5) is 13.2 Å². The number of aryl methyl sites for hydroxylation is 1. The molecular weight excluding hydrogens is 393 g/mol. The van der Waals surface area contributed by atoms with Gasteiger partial charge in [0.2, 0.25) is 0 Å². The summed E-state index contributed by atoms with van der Waals surface area (Å²) in [5.74, 6) is -2.72. The van der Waals surface area contributed by atoms with Gasteiger partial charge in [0.15, 0.2) is 0 Å². The van der Waals surface area contributed by atoms with E-state index in [1.165, 1.54) is 0 Å². The maximum atomic E-state index is 12.8. The molecule has 0 aromatic carbocycles. The molecule has 1 saturated heterocycles. The van der Waals surface area contributed by atoms with E-state index in [1.54, 1.807) is 18.5 Å². The Hall–Kier alpha value is -2.46. The van der Waals surface area contributed by atoms with E-state index in [9.17, 15) is 18.0 Å². The highest BCUT2D eigenvalue weighted by molar-refractivity contribution is 5.94. The first-order chi connectivity index (χ1) is 13.6. The number of carbonyl (C=O) groups is 2. The van der Waals surface area contributed by atoms with Crippen LogP contribution in [-0.4, -0.2) is 71.1 Å². The van der Waals surface area contributed by atoms with Crippen molar-refractivity contribution in [2.24, 2.45) is 0 Å². The number of rotatable bonds is 4. The predicted molar refractivity (Wildman–Crippen MR) is 96.4 cm³/mol. The van der Waals surface area contributed by atoms with E-state index in [2.05, 4.69) is 11.6 Å². The van der Waals surface area contributed by atoms with Gasteiger partial charge < -0.3 is 19.5 Å². The molecule has 160 valence electrons. The van der Waals surface area contributed by atoms with E-state index in [0.29, 0.717) is 25.3 Å². The van der Waals surface area contributed by atoms with Crippen molar-refractivity contribution in [3.63, 3.8) is 0 Å². The normalized spacial score (nSPS) is 23.6. The van der Waals surface area contributed by atoms with Crippen molar-refractivity contribution >= 4 is 11.9 Å². The van der Waals surface area contributed by atoms with Gasteiger partial charge in [-0.1, -0.05) is 6.08 Å². The summed E-state index contributed by atoms with van der Waals surface area (Å²) < 4.78 is 43.4. The van der Waals surface area contributed by atoms with Gasteiger partial charge in [-0.3, -0.25) is 9.78 Å². The van der Waals surface area contributed by atoms with E-state index in [0.717, 1.165) is 18.4 Å². The second-order valence-corrected chi connectivity index (χ2v) is 6.69. The molecule has 1 aromatic rings. The van der Waals surface area contributed by atoms with Crippen LogP contribution >= 0.6 is 0 Å². The zero-order valence-electron chi connectivity index (χ0n) is 15.9. The molecule has 0 bridgehead atoms. The number of carboxylic acids is 1. The third kappa shape index (κ3) is 6.01. The summed E-state index contributed by atoms with van der Waals surface area (Å²) in [6.07, 6.45) is 1.91. The van der Waals surface area contributed by atoms with Gasteiger partial charge in [0.25, 0.3) is 5.91 Å². The van der Waals surface area contributed by atoms with Crippen LogP contribution in [0.3, 0.4) is 0 Å². The number of hydrogen-bond acceptors (Lipinski definition) is 5. The lowest BCUT2D eigenvalue weighted by Crippen LogP contribution is -2.53. The molecule has 0 spiro atoms. The van der Waals surface area contributed by atoms with E-state index in [1.807, 2.05) is 17.9 Å². The molecule has 0 radical (unpaired) electrons. The molecule has 2 fully saturated rings. The molecule has 7 nitrogen and oxygen atoms in total. The fraction of sp³-hybridized carbons (Fsp3) is 0.526. The summed E-state index contributed by atoms with van der Waals surface area (Å²) in [7, 11) is 0. The van der Waals surface area contributed by atoms with Crippen molar-refractivity contribution in [1.82, 2.24) is 9.88 Å². The fourth-order valence-corrected chi connectivity index (χ4v) is 3.38. The molecule has 1 amide bonds. The summed E-state index contributed by atoms with van der Waals surface area (Å²) in [6, 6.07) is 1.98. The van der Waals surface area contributed by atoms with E-state index >= 15 is 0 Å². The minimum absolute atomic E-state index is 0.0320. The molecule has 1 aromatic heterocycles. The first-order valence-electron chi connectivity index (χ1n) is 9.02. The Morgan fingerprint density at radius 3 is 2.69 bits per heavy atom. The summed E-state index contributed by atoms with van der Waals surface area (Å²) in [5, 5.41) is 7.12. The van der Waals surface area contributed by atoms with Gasteiger partial charge in [0.1, 0.15) is 6.10 Å². The zero-order chi connectivity index (χ0) is 21.6. The Morgan fingerprint density at radius 2 is 2.10 bits per heavy atom. The quantitative estimate of drug-likeness (QED) is 0.759.